The van der Waals surface area contributed by atoms with Crippen LogP contribution in [-0.4, -0.2) is 30.2 Å². The molecule has 2 atom stereocenters. The molecule has 0 amide bonds. The summed E-state index contributed by atoms with van der Waals surface area (Å²) in [6, 6.07) is 7.04. The zero-order valence-corrected chi connectivity index (χ0v) is 9.76. The summed E-state index contributed by atoms with van der Waals surface area (Å²) in [5.41, 5.74) is 0.687. The molecule has 3 rings (SSSR count). The molecule has 1 aromatic rings. The molecule has 3 heterocycles. The molecule has 2 fully saturated rings. The van der Waals surface area contributed by atoms with Crippen molar-refractivity contribution in [2.75, 3.05) is 18.0 Å². The van der Waals surface area contributed by atoms with Crippen LogP contribution in [0.4, 0.5) is 5.82 Å². The van der Waals surface area contributed by atoms with Crippen molar-refractivity contribution < 1.29 is 0 Å². The minimum atomic E-state index is 0.566. The molecule has 2 saturated heterocycles. The van der Waals surface area contributed by atoms with Gasteiger partial charge < -0.3 is 10.2 Å². The first kappa shape index (κ1) is 10.5. The molecular formula is C13H16N4. The van der Waals surface area contributed by atoms with Crippen LogP contribution in [0.3, 0.4) is 0 Å². The van der Waals surface area contributed by atoms with Gasteiger partial charge in [0, 0.05) is 31.4 Å². The van der Waals surface area contributed by atoms with Crippen LogP contribution in [0.1, 0.15) is 24.8 Å². The molecule has 2 unspecified atom stereocenters. The van der Waals surface area contributed by atoms with Crippen LogP contribution >= 0.6 is 0 Å². The fraction of sp³-hybridized carbons (Fsp3) is 0.538. The zero-order valence-electron chi connectivity index (χ0n) is 9.76. The number of aromatic nitrogens is 1. The third-order valence-corrected chi connectivity index (χ3v) is 3.66. The Hall–Kier alpha value is -1.60. The van der Waals surface area contributed by atoms with Gasteiger partial charge in [-0.3, -0.25) is 0 Å². The lowest BCUT2D eigenvalue weighted by molar-refractivity contribution is 0.282. The van der Waals surface area contributed by atoms with Gasteiger partial charge in [0.15, 0.2) is 0 Å². The van der Waals surface area contributed by atoms with E-state index in [1.54, 1.807) is 6.20 Å². The van der Waals surface area contributed by atoms with Gasteiger partial charge in [0.1, 0.15) is 11.9 Å². The van der Waals surface area contributed by atoms with Gasteiger partial charge >= 0.3 is 0 Å². The van der Waals surface area contributed by atoms with Gasteiger partial charge in [-0.05, 0) is 25.0 Å². The van der Waals surface area contributed by atoms with Crippen LogP contribution in [0, 0.1) is 11.3 Å². The van der Waals surface area contributed by atoms with E-state index in [0.29, 0.717) is 17.6 Å². The summed E-state index contributed by atoms with van der Waals surface area (Å²) >= 11 is 0. The largest absolute Gasteiger partial charge is 0.352 e. The Labute approximate surface area is 101 Å². The highest BCUT2D eigenvalue weighted by atomic mass is 15.3. The van der Waals surface area contributed by atoms with Crippen molar-refractivity contribution in [1.82, 2.24) is 10.3 Å². The van der Waals surface area contributed by atoms with E-state index in [2.05, 4.69) is 21.3 Å². The Morgan fingerprint density at radius 3 is 2.82 bits per heavy atom. The van der Waals surface area contributed by atoms with Crippen LogP contribution < -0.4 is 10.2 Å². The molecule has 2 bridgehead atoms. The second kappa shape index (κ2) is 4.34. The quantitative estimate of drug-likeness (QED) is 0.786. The zero-order chi connectivity index (χ0) is 11.7. The second-order valence-electron chi connectivity index (χ2n) is 4.88. The smallest absolute Gasteiger partial charge is 0.146 e. The summed E-state index contributed by atoms with van der Waals surface area (Å²) in [6.07, 6.45) is 5.57. The normalized spacial score (nSPS) is 27.6. The lowest BCUT2D eigenvalue weighted by Crippen LogP contribution is -2.59. The third kappa shape index (κ3) is 1.98. The molecule has 0 aromatic carbocycles. The number of nitrogens with one attached hydrogen (secondary N) is 1. The number of piperazine rings is 1. The number of hydrogen-bond acceptors (Lipinski definition) is 4. The summed E-state index contributed by atoms with van der Waals surface area (Å²) in [6.45, 7) is 1.95. The van der Waals surface area contributed by atoms with E-state index in [1.165, 1.54) is 19.3 Å². The minimum Gasteiger partial charge on any atom is -0.352 e. The number of pyridine rings is 1. The Balaban J connectivity index is 1.87. The molecule has 2 aliphatic heterocycles. The molecule has 88 valence electrons. The third-order valence-electron chi connectivity index (χ3n) is 3.66. The fourth-order valence-corrected chi connectivity index (χ4v) is 2.91. The second-order valence-corrected chi connectivity index (χ2v) is 4.88. The van der Waals surface area contributed by atoms with Gasteiger partial charge in [-0.2, -0.15) is 5.26 Å². The maximum Gasteiger partial charge on any atom is 0.146 e. The average Bonchev–Trinajstić information content (AvgIpc) is 2.38. The van der Waals surface area contributed by atoms with Gasteiger partial charge in [0.25, 0.3) is 0 Å². The summed E-state index contributed by atoms with van der Waals surface area (Å²) in [5, 5.41) is 12.8. The first-order chi connectivity index (χ1) is 8.36. The standard InChI is InChI=1S/C13H16N4/c14-7-10-3-2-6-15-13(10)17-8-11-4-1-5-12(9-17)16-11/h2-3,6,11-12,16H,1,4-5,8-9H2. The van der Waals surface area contributed by atoms with Gasteiger partial charge in [-0.25, -0.2) is 4.98 Å². The molecule has 0 spiro atoms. The van der Waals surface area contributed by atoms with E-state index in [9.17, 15) is 0 Å². The van der Waals surface area contributed by atoms with Crippen molar-refractivity contribution in [3.8, 4) is 6.07 Å². The van der Waals surface area contributed by atoms with E-state index >= 15 is 0 Å². The summed E-state index contributed by atoms with van der Waals surface area (Å²) in [7, 11) is 0. The van der Waals surface area contributed by atoms with E-state index in [4.69, 9.17) is 5.26 Å². The molecular weight excluding hydrogens is 212 g/mol. The predicted octanol–water partition coefficient (Wildman–Crippen LogP) is 1.28. The van der Waals surface area contributed by atoms with Gasteiger partial charge in [0.05, 0.1) is 5.56 Å². The Bertz CT molecular complexity index is 439. The number of hydrogen-bond donors (Lipinski definition) is 1. The van der Waals surface area contributed by atoms with Crippen LogP contribution in [0.25, 0.3) is 0 Å². The van der Waals surface area contributed by atoms with E-state index in [1.807, 2.05) is 12.1 Å². The van der Waals surface area contributed by atoms with Gasteiger partial charge in [-0.1, -0.05) is 6.42 Å². The SMILES string of the molecule is N#Cc1cccnc1N1CC2CCCC(C1)N2. The number of nitrogens with zero attached hydrogens (tertiary/aromatic N) is 3. The maximum absolute atomic E-state index is 9.12. The summed E-state index contributed by atoms with van der Waals surface area (Å²) in [4.78, 5) is 6.64. The molecule has 4 nitrogen and oxygen atoms in total. The fourth-order valence-electron chi connectivity index (χ4n) is 2.91. The van der Waals surface area contributed by atoms with Gasteiger partial charge in [-0.15, -0.1) is 0 Å². The topological polar surface area (TPSA) is 52.0 Å². The molecule has 17 heavy (non-hydrogen) atoms. The molecule has 1 aromatic heterocycles. The highest BCUT2D eigenvalue weighted by Crippen LogP contribution is 2.24. The average molecular weight is 228 g/mol. The highest BCUT2D eigenvalue weighted by Gasteiger charge is 2.30. The van der Waals surface area contributed by atoms with Crippen molar-refractivity contribution in [3.63, 3.8) is 0 Å². The molecule has 0 radical (unpaired) electrons. The highest BCUT2D eigenvalue weighted by molar-refractivity contribution is 5.54. The van der Waals surface area contributed by atoms with Crippen molar-refractivity contribution in [2.45, 2.75) is 31.3 Å². The minimum absolute atomic E-state index is 0.566. The molecule has 4 heteroatoms. The molecule has 0 saturated carbocycles. The Kier molecular flexibility index (Phi) is 2.69. The lowest BCUT2D eigenvalue weighted by atomic mass is 9.94. The van der Waals surface area contributed by atoms with Crippen LogP contribution in [0.5, 0.6) is 0 Å². The van der Waals surface area contributed by atoms with Crippen molar-refractivity contribution in [3.05, 3.63) is 23.9 Å². The van der Waals surface area contributed by atoms with E-state index in [0.717, 1.165) is 18.9 Å². The first-order valence-electron chi connectivity index (χ1n) is 6.23. The molecule has 1 N–H and O–H groups in total. The van der Waals surface area contributed by atoms with Crippen molar-refractivity contribution >= 4 is 5.82 Å². The number of anilines is 1. The van der Waals surface area contributed by atoms with Crippen molar-refractivity contribution in [2.24, 2.45) is 0 Å². The van der Waals surface area contributed by atoms with Crippen LogP contribution in [0.2, 0.25) is 0 Å². The number of piperidine rings is 1. The Morgan fingerprint density at radius 1 is 1.35 bits per heavy atom. The molecule has 2 aliphatic rings. The maximum atomic E-state index is 9.12. The van der Waals surface area contributed by atoms with E-state index < -0.39 is 0 Å². The van der Waals surface area contributed by atoms with Gasteiger partial charge in [0.2, 0.25) is 0 Å². The van der Waals surface area contributed by atoms with E-state index in [-0.39, 0.29) is 0 Å². The van der Waals surface area contributed by atoms with Crippen LogP contribution in [-0.2, 0) is 0 Å². The summed E-state index contributed by atoms with van der Waals surface area (Å²) in [5.74, 6) is 0.855. The number of fused-ring (bicyclic) bond motifs is 2. The van der Waals surface area contributed by atoms with Crippen molar-refractivity contribution in [1.29, 1.82) is 5.26 Å². The van der Waals surface area contributed by atoms with Crippen LogP contribution in [0.15, 0.2) is 18.3 Å². The first-order valence-corrected chi connectivity index (χ1v) is 6.23. The lowest BCUT2D eigenvalue weighted by Gasteiger charge is -2.43. The number of rotatable bonds is 1. The monoisotopic (exact) mass is 228 g/mol. The number of nitriles is 1. The Morgan fingerprint density at radius 2 is 2.12 bits per heavy atom. The predicted molar refractivity (Wildman–Crippen MR) is 65.7 cm³/mol. The summed E-state index contributed by atoms with van der Waals surface area (Å²) < 4.78 is 0. The molecule has 0 aliphatic carbocycles.